The number of carbonyl (C=O) groups excluding carboxylic acids is 2. The van der Waals surface area contributed by atoms with Crippen LogP contribution in [0, 0.1) is 5.41 Å². The molecule has 0 saturated carbocycles. The van der Waals surface area contributed by atoms with Gasteiger partial charge >= 0.3 is 6.36 Å². The van der Waals surface area contributed by atoms with E-state index in [-0.39, 0.29) is 18.8 Å². The van der Waals surface area contributed by atoms with Crippen molar-refractivity contribution in [2.45, 2.75) is 46.5 Å². The summed E-state index contributed by atoms with van der Waals surface area (Å²) in [5, 5.41) is 2.64. The number of amides is 1. The lowest BCUT2D eigenvalue weighted by Crippen LogP contribution is -2.35. The third-order valence-corrected chi connectivity index (χ3v) is 3.48. The number of hydrogen-bond acceptors (Lipinski definition) is 4. The molecule has 1 aromatic carbocycles. The molecule has 0 aliphatic carbocycles. The zero-order valence-electron chi connectivity index (χ0n) is 15.3. The molecule has 0 aliphatic heterocycles. The molecule has 0 aliphatic rings. The van der Waals surface area contributed by atoms with Gasteiger partial charge in [-0.25, -0.2) is 0 Å². The fourth-order valence-electron chi connectivity index (χ4n) is 2.04. The Bertz CT molecular complexity index is 624. The highest BCUT2D eigenvalue weighted by molar-refractivity contribution is 6.00. The van der Waals surface area contributed by atoms with E-state index in [9.17, 15) is 22.8 Å². The summed E-state index contributed by atoms with van der Waals surface area (Å²) < 4.78 is 46.4. The summed E-state index contributed by atoms with van der Waals surface area (Å²) in [6.45, 7) is 7.30. The van der Waals surface area contributed by atoms with E-state index in [4.69, 9.17) is 4.74 Å². The van der Waals surface area contributed by atoms with E-state index in [1.54, 1.807) is 33.8 Å². The molecular formula is C18H24F3NO4. The Labute approximate surface area is 150 Å². The van der Waals surface area contributed by atoms with Crippen LogP contribution in [0.5, 0.6) is 5.75 Å². The van der Waals surface area contributed by atoms with Crippen LogP contribution in [0.15, 0.2) is 24.3 Å². The first-order chi connectivity index (χ1) is 11.9. The van der Waals surface area contributed by atoms with Crippen LogP contribution in [0.4, 0.5) is 13.2 Å². The van der Waals surface area contributed by atoms with Gasteiger partial charge in [-0.05, 0) is 24.6 Å². The fourth-order valence-corrected chi connectivity index (χ4v) is 2.04. The highest BCUT2D eigenvalue weighted by Gasteiger charge is 2.31. The second-order valence-corrected chi connectivity index (χ2v) is 6.75. The van der Waals surface area contributed by atoms with Crippen molar-refractivity contribution in [1.82, 2.24) is 5.32 Å². The maximum absolute atomic E-state index is 12.4. The van der Waals surface area contributed by atoms with Crippen molar-refractivity contribution in [3.63, 3.8) is 0 Å². The highest BCUT2D eigenvalue weighted by atomic mass is 19.4. The number of carbonyl (C=O) groups is 2. The first-order valence-electron chi connectivity index (χ1n) is 8.18. The number of halogens is 3. The summed E-state index contributed by atoms with van der Waals surface area (Å²) >= 11 is 0. The quantitative estimate of drug-likeness (QED) is 0.703. The van der Waals surface area contributed by atoms with Crippen LogP contribution in [-0.2, 0) is 14.3 Å². The third kappa shape index (κ3) is 7.86. The average Bonchev–Trinajstić information content (AvgIpc) is 2.49. The number of benzene rings is 1. The number of hydrogen-bond donors (Lipinski definition) is 1. The van der Waals surface area contributed by atoms with Gasteiger partial charge in [0, 0.05) is 12.0 Å². The van der Waals surface area contributed by atoms with Crippen molar-refractivity contribution >= 4 is 11.7 Å². The third-order valence-electron chi connectivity index (χ3n) is 3.48. The SMILES string of the molecule is CCOC[C@H](NC(=O)CC(=O)C(C)(C)C)c1cccc(OC(F)(F)F)c1. The molecule has 26 heavy (non-hydrogen) atoms. The predicted molar refractivity (Wildman–Crippen MR) is 89.6 cm³/mol. The molecule has 1 atom stereocenters. The standard InChI is InChI=1S/C18H24F3NO4/c1-5-25-11-14(22-16(24)10-15(23)17(2,3)4)12-7-6-8-13(9-12)26-18(19,20)21/h6-9,14H,5,10-11H2,1-4H3,(H,22,24)/t14-/m0/s1. The smallest absolute Gasteiger partial charge is 0.406 e. The van der Waals surface area contributed by atoms with Crippen molar-refractivity contribution in [1.29, 1.82) is 0 Å². The summed E-state index contributed by atoms with van der Waals surface area (Å²) in [5.41, 5.74) is -0.274. The summed E-state index contributed by atoms with van der Waals surface area (Å²) in [4.78, 5) is 24.1. The maximum atomic E-state index is 12.4. The van der Waals surface area contributed by atoms with Gasteiger partial charge in [0.15, 0.2) is 0 Å². The minimum atomic E-state index is -4.81. The number of alkyl halides is 3. The number of nitrogens with one attached hydrogen (secondary N) is 1. The van der Waals surface area contributed by atoms with Crippen molar-refractivity contribution in [3.05, 3.63) is 29.8 Å². The van der Waals surface area contributed by atoms with Crippen LogP contribution in [0.25, 0.3) is 0 Å². The lowest BCUT2D eigenvalue weighted by Gasteiger charge is -2.21. The zero-order valence-corrected chi connectivity index (χ0v) is 15.3. The number of Topliss-reactive ketones (excluding diaryl/α,β-unsaturated/α-hetero) is 1. The van der Waals surface area contributed by atoms with Gasteiger partial charge in [0.05, 0.1) is 19.1 Å². The molecule has 0 bridgehead atoms. The second-order valence-electron chi connectivity index (χ2n) is 6.75. The Kier molecular flexibility index (Phi) is 7.62. The fraction of sp³-hybridized carbons (Fsp3) is 0.556. The molecule has 0 saturated heterocycles. The van der Waals surface area contributed by atoms with Crippen molar-refractivity contribution in [2.24, 2.45) is 5.41 Å². The molecule has 146 valence electrons. The molecular weight excluding hydrogens is 351 g/mol. The van der Waals surface area contributed by atoms with Gasteiger partial charge in [0.1, 0.15) is 11.5 Å². The summed E-state index contributed by atoms with van der Waals surface area (Å²) in [5.74, 6) is -1.15. The predicted octanol–water partition coefficient (Wildman–Crippen LogP) is 3.78. The van der Waals surface area contributed by atoms with Gasteiger partial charge in [-0.2, -0.15) is 0 Å². The van der Waals surface area contributed by atoms with Crippen LogP contribution in [0.1, 0.15) is 45.7 Å². The van der Waals surface area contributed by atoms with E-state index < -0.39 is 29.5 Å². The van der Waals surface area contributed by atoms with Gasteiger partial charge in [-0.3, -0.25) is 9.59 Å². The van der Waals surface area contributed by atoms with Crippen LogP contribution in [0.2, 0.25) is 0 Å². The van der Waals surface area contributed by atoms with Crippen LogP contribution in [-0.4, -0.2) is 31.3 Å². The monoisotopic (exact) mass is 375 g/mol. The van der Waals surface area contributed by atoms with Gasteiger partial charge in [0.25, 0.3) is 0 Å². The molecule has 0 unspecified atom stereocenters. The molecule has 1 N–H and O–H groups in total. The minimum Gasteiger partial charge on any atom is -0.406 e. The zero-order chi connectivity index (χ0) is 20.0. The molecule has 1 aromatic rings. The highest BCUT2D eigenvalue weighted by Crippen LogP contribution is 2.26. The van der Waals surface area contributed by atoms with Crippen LogP contribution < -0.4 is 10.1 Å². The molecule has 0 heterocycles. The Morgan fingerprint density at radius 3 is 2.38 bits per heavy atom. The van der Waals surface area contributed by atoms with E-state index in [0.29, 0.717) is 12.2 Å². The summed E-state index contributed by atoms with van der Waals surface area (Å²) in [7, 11) is 0. The molecule has 5 nitrogen and oxygen atoms in total. The molecule has 0 aromatic heterocycles. The maximum Gasteiger partial charge on any atom is 0.573 e. The van der Waals surface area contributed by atoms with Crippen molar-refractivity contribution < 1.29 is 32.2 Å². The van der Waals surface area contributed by atoms with E-state index in [2.05, 4.69) is 10.1 Å². The van der Waals surface area contributed by atoms with Crippen molar-refractivity contribution in [2.75, 3.05) is 13.2 Å². The van der Waals surface area contributed by atoms with E-state index >= 15 is 0 Å². The number of ketones is 1. The van der Waals surface area contributed by atoms with Crippen LogP contribution in [0.3, 0.4) is 0 Å². The van der Waals surface area contributed by atoms with Gasteiger partial charge in [-0.1, -0.05) is 32.9 Å². The molecule has 0 spiro atoms. The first-order valence-corrected chi connectivity index (χ1v) is 8.18. The van der Waals surface area contributed by atoms with E-state index in [1.807, 2.05) is 0 Å². The minimum absolute atomic E-state index is 0.0570. The Morgan fingerprint density at radius 1 is 1.19 bits per heavy atom. The van der Waals surface area contributed by atoms with E-state index in [1.165, 1.54) is 18.2 Å². The number of ether oxygens (including phenoxy) is 2. The van der Waals surface area contributed by atoms with Crippen molar-refractivity contribution in [3.8, 4) is 5.75 Å². The van der Waals surface area contributed by atoms with Gasteiger partial charge < -0.3 is 14.8 Å². The van der Waals surface area contributed by atoms with Gasteiger partial charge in [-0.15, -0.1) is 13.2 Å². The summed E-state index contributed by atoms with van der Waals surface area (Å²) in [6, 6.07) is 4.59. The molecule has 1 rings (SSSR count). The Hall–Kier alpha value is -2.09. The van der Waals surface area contributed by atoms with Crippen LogP contribution >= 0.6 is 0 Å². The molecule has 0 radical (unpaired) electrons. The topological polar surface area (TPSA) is 64.6 Å². The lowest BCUT2D eigenvalue weighted by atomic mass is 9.89. The normalized spacial score (nSPS) is 13.2. The second kappa shape index (κ2) is 9.02. The Balaban J connectivity index is 2.91. The first kappa shape index (κ1) is 22.0. The molecule has 1 amide bonds. The average molecular weight is 375 g/mol. The van der Waals surface area contributed by atoms with Gasteiger partial charge in [0.2, 0.25) is 5.91 Å². The lowest BCUT2D eigenvalue weighted by molar-refractivity contribution is -0.274. The summed E-state index contributed by atoms with van der Waals surface area (Å²) in [6.07, 6.45) is -5.12. The molecule has 0 fully saturated rings. The Morgan fingerprint density at radius 2 is 1.85 bits per heavy atom. The number of rotatable bonds is 8. The van der Waals surface area contributed by atoms with E-state index in [0.717, 1.165) is 0 Å². The molecule has 8 heteroatoms. The largest absolute Gasteiger partial charge is 0.573 e.